The lowest BCUT2D eigenvalue weighted by atomic mass is 10.0. The summed E-state index contributed by atoms with van der Waals surface area (Å²) < 4.78 is 3.22. The molecule has 0 fully saturated rings. The van der Waals surface area contributed by atoms with Gasteiger partial charge in [0, 0.05) is 21.2 Å². The number of hydrogen-bond acceptors (Lipinski definition) is 4. The lowest BCUT2D eigenvalue weighted by Gasteiger charge is -2.15. The van der Waals surface area contributed by atoms with Gasteiger partial charge < -0.3 is 0 Å². The topological polar surface area (TPSA) is 69.8 Å². The van der Waals surface area contributed by atoms with Crippen LogP contribution in [0.1, 0.15) is 0 Å². The number of hydrogen-bond donors (Lipinski definition) is 0. The second kappa shape index (κ2) is 12.1. The molecular weight excluding hydrogens is 639 g/mol. The summed E-state index contributed by atoms with van der Waals surface area (Å²) in [6, 6.07) is 44.6. The summed E-state index contributed by atoms with van der Waals surface area (Å²) in [5.41, 5.74) is 5.14. The van der Waals surface area contributed by atoms with Gasteiger partial charge in [-0.25, -0.2) is 9.97 Å². The molecule has 0 saturated heterocycles. The first-order chi connectivity index (χ1) is 23.4. The zero-order valence-corrected chi connectivity index (χ0v) is 26.7. The number of aromatic nitrogens is 4. The number of nitrogens with zero attached hydrogens (tertiary/aromatic N) is 4. The molecule has 2 aromatic heterocycles. The minimum atomic E-state index is -0.219. The molecule has 8 heteroatoms. The van der Waals surface area contributed by atoms with Gasteiger partial charge in [-0.2, -0.15) is 0 Å². The van der Waals surface area contributed by atoms with E-state index in [1.54, 1.807) is 57.7 Å². The summed E-state index contributed by atoms with van der Waals surface area (Å²) in [6.45, 7) is 0. The van der Waals surface area contributed by atoms with Crippen LogP contribution in [0.3, 0.4) is 0 Å². The summed E-state index contributed by atoms with van der Waals surface area (Å²) in [6.07, 6.45) is 0. The molecule has 0 unspecified atom stereocenters. The Morgan fingerprint density at radius 1 is 0.417 bits per heavy atom. The van der Waals surface area contributed by atoms with E-state index in [2.05, 4.69) is 0 Å². The fourth-order valence-corrected chi connectivity index (χ4v) is 6.20. The zero-order valence-electron chi connectivity index (χ0n) is 25.2. The van der Waals surface area contributed by atoms with Gasteiger partial charge in [0.25, 0.3) is 11.1 Å². The average Bonchev–Trinajstić information content (AvgIpc) is 3.13. The van der Waals surface area contributed by atoms with Crippen LogP contribution in [0.4, 0.5) is 0 Å². The molecule has 0 aliphatic rings. The van der Waals surface area contributed by atoms with Crippen LogP contribution in [0.15, 0.2) is 155 Å². The summed E-state index contributed by atoms with van der Waals surface area (Å²) in [5.74, 6) is 1.05. The summed E-state index contributed by atoms with van der Waals surface area (Å²) in [7, 11) is 0. The average molecular weight is 664 g/mol. The molecule has 230 valence electrons. The van der Waals surface area contributed by atoms with Gasteiger partial charge in [0.05, 0.1) is 33.2 Å². The molecule has 0 saturated carbocycles. The molecule has 0 spiro atoms. The molecule has 6 nitrogen and oxygen atoms in total. The SMILES string of the molecule is O=c1c2cc(-c3ccc4nc(-c5ccccc5)n(-c5ccc(Cl)cc5)c(=O)c4c3)ccc2nc(-c2ccccc2)n1-c1ccc(Cl)cc1. The molecule has 6 aromatic carbocycles. The number of fused-ring (bicyclic) bond motifs is 2. The van der Waals surface area contributed by atoms with E-state index < -0.39 is 0 Å². The third-order valence-corrected chi connectivity index (χ3v) is 8.81. The molecule has 0 amide bonds. The second-order valence-electron chi connectivity index (χ2n) is 11.3. The fraction of sp³-hybridized carbons (Fsp3) is 0. The lowest BCUT2D eigenvalue weighted by Crippen LogP contribution is -2.22. The highest BCUT2D eigenvalue weighted by molar-refractivity contribution is 6.30. The third kappa shape index (κ3) is 5.27. The van der Waals surface area contributed by atoms with Crippen LogP contribution in [0, 0.1) is 0 Å². The van der Waals surface area contributed by atoms with E-state index >= 15 is 0 Å². The van der Waals surface area contributed by atoms with E-state index in [0.717, 1.165) is 22.3 Å². The number of benzene rings is 6. The van der Waals surface area contributed by atoms with Crippen LogP contribution in [0.5, 0.6) is 0 Å². The van der Waals surface area contributed by atoms with E-state index in [9.17, 15) is 9.59 Å². The van der Waals surface area contributed by atoms with Gasteiger partial charge in [-0.15, -0.1) is 0 Å². The fourth-order valence-electron chi connectivity index (χ4n) is 5.95. The Hall–Kier alpha value is -5.82. The van der Waals surface area contributed by atoms with Crippen LogP contribution < -0.4 is 11.1 Å². The molecule has 0 bridgehead atoms. The van der Waals surface area contributed by atoms with Crippen molar-refractivity contribution < 1.29 is 0 Å². The highest BCUT2D eigenvalue weighted by Gasteiger charge is 2.18. The van der Waals surface area contributed by atoms with Crippen molar-refractivity contribution in [3.63, 3.8) is 0 Å². The van der Waals surface area contributed by atoms with E-state index in [1.807, 2.05) is 97.1 Å². The predicted octanol–water partition coefficient (Wildman–Crippen LogP) is 9.39. The van der Waals surface area contributed by atoms with E-state index in [4.69, 9.17) is 33.2 Å². The maximum atomic E-state index is 14.3. The van der Waals surface area contributed by atoms with Gasteiger partial charge in [-0.1, -0.05) is 96.0 Å². The van der Waals surface area contributed by atoms with Crippen LogP contribution in [-0.4, -0.2) is 19.1 Å². The molecule has 8 rings (SSSR count). The molecular formula is C40H24Cl2N4O2. The van der Waals surface area contributed by atoms with Crippen molar-refractivity contribution in [2.75, 3.05) is 0 Å². The van der Waals surface area contributed by atoms with Gasteiger partial charge in [-0.05, 0) is 83.9 Å². The predicted molar refractivity (Wildman–Crippen MR) is 195 cm³/mol. The van der Waals surface area contributed by atoms with Gasteiger partial charge in [-0.3, -0.25) is 18.7 Å². The van der Waals surface area contributed by atoms with Crippen molar-refractivity contribution in [1.82, 2.24) is 19.1 Å². The first-order valence-corrected chi connectivity index (χ1v) is 16.0. The smallest absolute Gasteiger partial charge is 0.266 e. The second-order valence-corrected chi connectivity index (χ2v) is 12.2. The Bertz CT molecular complexity index is 2420. The van der Waals surface area contributed by atoms with Crippen molar-refractivity contribution >= 4 is 45.0 Å². The van der Waals surface area contributed by atoms with Crippen molar-refractivity contribution in [2.24, 2.45) is 0 Å². The Kier molecular flexibility index (Phi) is 7.44. The maximum Gasteiger partial charge on any atom is 0.266 e. The largest absolute Gasteiger partial charge is 0.268 e. The van der Waals surface area contributed by atoms with Crippen LogP contribution in [0.25, 0.3) is 67.1 Å². The Labute approximate surface area is 284 Å². The standard InChI is InChI=1S/C40H24Cl2N4O2/c41-29-13-17-31(18-14-29)45-37(25-7-3-1-4-8-25)43-35-21-11-27(23-33(35)39(45)47)28-12-22-36-34(24-28)40(48)46(32-19-15-30(42)16-20-32)38(44-36)26-9-5-2-6-10-26/h1-24H. The van der Waals surface area contributed by atoms with Crippen molar-refractivity contribution in [3.05, 3.63) is 176 Å². The van der Waals surface area contributed by atoms with Gasteiger partial charge in [0.15, 0.2) is 0 Å². The highest BCUT2D eigenvalue weighted by atomic mass is 35.5. The van der Waals surface area contributed by atoms with Crippen LogP contribution in [0.2, 0.25) is 10.0 Å². The molecule has 0 aliphatic heterocycles. The Morgan fingerprint density at radius 3 is 1.17 bits per heavy atom. The van der Waals surface area contributed by atoms with E-state index in [-0.39, 0.29) is 11.1 Å². The normalized spacial score (nSPS) is 11.3. The van der Waals surface area contributed by atoms with Gasteiger partial charge in [0.2, 0.25) is 0 Å². The number of rotatable bonds is 5. The van der Waals surface area contributed by atoms with Crippen LogP contribution >= 0.6 is 23.2 Å². The molecule has 0 radical (unpaired) electrons. The summed E-state index contributed by atoms with van der Waals surface area (Å²) >= 11 is 12.4. The number of halogens is 2. The quantitative estimate of drug-likeness (QED) is 0.184. The van der Waals surface area contributed by atoms with Gasteiger partial charge >= 0.3 is 0 Å². The monoisotopic (exact) mass is 662 g/mol. The molecule has 8 aromatic rings. The summed E-state index contributed by atoms with van der Waals surface area (Å²) in [5, 5.41) is 2.03. The molecule has 0 aliphatic carbocycles. The molecule has 48 heavy (non-hydrogen) atoms. The first kappa shape index (κ1) is 29.6. The zero-order chi connectivity index (χ0) is 32.8. The van der Waals surface area contributed by atoms with Crippen molar-refractivity contribution in [3.8, 4) is 45.3 Å². The lowest BCUT2D eigenvalue weighted by molar-refractivity contribution is 0.975. The van der Waals surface area contributed by atoms with Crippen LogP contribution in [-0.2, 0) is 0 Å². The highest BCUT2D eigenvalue weighted by Crippen LogP contribution is 2.29. The first-order valence-electron chi connectivity index (χ1n) is 15.2. The third-order valence-electron chi connectivity index (χ3n) is 8.30. The van der Waals surface area contributed by atoms with E-state index in [1.165, 1.54) is 0 Å². The minimum absolute atomic E-state index is 0.219. The summed E-state index contributed by atoms with van der Waals surface area (Å²) in [4.78, 5) is 38.4. The van der Waals surface area contributed by atoms with E-state index in [0.29, 0.717) is 54.9 Å². The van der Waals surface area contributed by atoms with Crippen molar-refractivity contribution in [2.45, 2.75) is 0 Å². The van der Waals surface area contributed by atoms with Gasteiger partial charge in [0.1, 0.15) is 11.6 Å². The van der Waals surface area contributed by atoms with Crippen molar-refractivity contribution in [1.29, 1.82) is 0 Å². The molecule has 2 heterocycles. The Morgan fingerprint density at radius 2 is 0.792 bits per heavy atom. The Balaban J connectivity index is 1.32. The minimum Gasteiger partial charge on any atom is -0.268 e. The maximum absolute atomic E-state index is 14.3. The molecule has 0 atom stereocenters. The molecule has 0 N–H and O–H groups in total.